The lowest BCUT2D eigenvalue weighted by Gasteiger charge is -2.35. The van der Waals surface area contributed by atoms with E-state index in [1.807, 2.05) is 12.2 Å². The van der Waals surface area contributed by atoms with Gasteiger partial charge in [-0.15, -0.1) is 0 Å². The summed E-state index contributed by atoms with van der Waals surface area (Å²) in [5.74, 6) is -0.936. The molecule has 0 fully saturated rings. The molecule has 29 heavy (non-hydrogen) atoms. The van der Waals surface area contributed by atoms with Gasteiger partial charge in [0.05, 0.1) is 7.11 Å². The molecule has 0 N–H and O–H groups in total. The molecule has 0 aliphatic carbocycles. The Morgan fingerprint density at radius 3 is 2.55 bits per heavy atom. The summed E-state index contributed by atoms with van der Waals surface area (Å²) in [7, 11) is 1.35. The number of carbonyl (C=O) groups excluding carboxylic acids is 3. The molecule has 6 nitrogen and oxygen atoms in total. The number of ether oxygens (including phenoxy) is 3. The maximum Gasteiger partial charge on any atom is 0.334 e. The van der Waals surface area contributed by atoms with Gasteiger partial charge in [-0.3, -0.25) is 4.79 Å². The third kappa shape index (κ3) is 6.05. The number of fused-ring (bicyclic) bond motifs is 3. The molecular formula is C23H32O6. The van der Waals surface area contributed by atoms with Crippen LogP contribution in [0, 0.1) is 5.92 Å². The molecule has 2 aliphatic heterocycles. The lowest BCUT2D eigenvalue weighted by atomic mass is 9.88. The van der Waals surface area contributed by atoms with Crippen molar-refractivity contribution in [2.75, 3.05) is 7.11 Å². The zero-order valence-corrected chi connectivity index (χ0v) is 18.1. The Morgan fingerprint density at radius 1 is 1.21 bits per heavy atom. The van der Waals surface area contributed by atoms with E-state index in [0.29, 0.717) is 49.7 Å². The second-order valence-electron chi connectivity index (χ2n) is 8.19. The second-order valence-corrected chi connectivity index (χ2v) is 8.19. The van der Waals surface area contributed by atoms with E-state index in [0.717, 1.165) is 5.57 Å². The zero-order valence-electron chi connectivity index (χ0n) is 18.1. The molecular weight excluding hydrogens is 372 g/mol. The van der Waals surface area contributed by atoms with Gasteiger partial charge in [-0.25, -0.2) is 9.59 Å². The van der Waals surface area contributed by atoms with Crippen LogP contribution in [0.3, 0.4) is 0 Å². The highest BCUT2D eigenvalue weighted by Crippen LogP contribution is 2.34. The van der Waals surface area contributed by atoms with Crippen LogP contribution in [-0.2, 0) is 28.6 Å². The summed E-state index contributed by atoms with van der Waals surface area (Å²) in [6.07, 6.45) is 8.20. The normalized spacial score (nSPS) is 29.5. The second kappa shape index (κ2) is 9.90. The molecule has 0 aromatic heterocycles. The van der Waals surface area contributed by atoms with E-state index >= 15 is 0 Å². The fourth-order valence-electron chi connectivity index (χ4n) is 3.79. The molecule has 0 unspecified atom stereocenters. The Bertz CT molecular complexity index is 742. The van der Waals surface area contributed by atoms with Gasteiger partial charge in [-0.1, -0.05) is 37.6 Å². The van der Waals surface area contributed by atoms with Crippen LogP contribution in [-0.4, -0.2) is 36.7 Å². The lowest BCUT2D eigenvalue weighted by molar-refractivity contribution is -0.181. The molecule has 0 aromatic rings. The average Bonchev–Trinajstić information content (AvgIpc) is 2.79. The van der Waals surface area contributed by atoms with E-state index in [9.17, 15) is 14.4 Å². The predicted octanol–water partition coefficient (Wildman–Crippen LogP) is 4.20. The zero-order chi connectivity index (χ0) is 21.6. The number of hydrogen-bond acceptors (Lipinski definition) is 6. The van der Waals surface area contributed by atoms with Crippen LogP contribution in [0.4, 0.5) is 0 Å². The van der Waals surface area contributed by atoms with E-state index in [2.05, 4.69) is 13.8 Å². The Balaban J connectivity index is 2.48. The minimum Gasteiger partial charge on any atom is -0.466 e. The number of hydrogen-bond donors (Lipinski definition) is 0. The molecule has 0 aromatic carbocycles. The van der Waals surface area contributed by atoms with E-state index < -0.39 is 23.6 Å². The van der Waals surface area contributed by atoms with Gasteiger partial charge >= 0.3 is 17.9 Å². The molecule has 2 atom stereocenters. The van der Waals surface area contributed by atoms with Crippen molar-refractivity contribution in [3.63, 3.8) is 0 Å². The first-order chi connectivity index (χ1) is 13.7. The molecule has 2 rings (SSSR count). The van der Waals surface area contributed by atoms with E-state index in [-0.39, 0.29) is 11.9 Å². The molecule has 2 aliphatic rings. The van der Waals surface area contributed by atoms with Crippen LogP contribution in [0.15, 0.2) is 34.9 Å². The molecule has 0 spiro atoms. The van der Waals surface area contributed by atoms with E-state index in [1.54, 1.807) is 13.0 Å². The first kappa shape index (κ1) is 22.9. The smallest absolute Gasteiger partial charge is 0.334 e. The largest absolute Gasteiger partial charge is 0.466 e. The van der Waals surface area contributed by atoms with E-state index in [1.165, 1.54) is 14.0 Å². The molecule has 0 saturated heterocycles. The summed E-state index contributed by atoms with van der Waals surface area (Å²) in [6.45, 7) is 7.31. The highest BCUT2D eigenvalue weighted by molar-refractivity contribution is 5.89. The molecule has 0 radical (unpaired) electrons. The van der Waals surface area contributed by atoms with Crippen molar-refractivity contribution in [2.45, 2.75) is 77.9 Å². The Hall–Kier alpha value is -2.37. The van der Waals surface area contributed by atoms with Gasteiger partial charge in [0.15, 0.2) is 0 Å². The quantitative estimate of drug-likeness (QED) is 0.518. The van der Waals surface area contributed by atoms with Crippen LogP contribution >= 0.6 is 0 Å². The molecule has 6 heteroatoms. The third-order valence-electron chi connectivity index (χ3n) is 5.66. The summed E-state index contributed by atoms with van der Waals surface area (Å²) < 4.78 is 16.4. The number of methoxy groups -OCH3 is 1. The Morgan fingerprint density at radius 2 is 1.93 bits per heavy atom. The van der Waals surface area contributed by atoms with Crippen LogP contribution < -0.4 is 0 Å². The average molecular weight is 405 g/mol. The van der Waals surface area contributed by atoms with Gasteiger partial charge in [-0.2, -0.15) is 0 Å². The number of rotatable bonds is 3. The first-order valence-corrected chi connectivity index (χ1v) is 10.2. The maximum atomic E-state index is 12.8. The lowest BCUT2D eigenvalue weighted by Crippen LogP contribution is -2.45. The van der Waals surface area contributed by atoms with Crippen molar-refractivity contribution in [1.29, 1.82) is 0 Å². The molecule has 160 valence electrons. The fourth-order valence-corrected chi connectivity index (χ4v) is 3.79. The van der Waals surface area contributed by atoms with Crippen LogP contribution in [0.1, 0.15) is 66.2 Å². The summed E-state index contributed by atoms with van der Waals surface area (Å²) in [4.78, 5) is 36.8. The highest BCUT2D eigenvalue weighted by Gasteiger charge is 2.42. The van der Waals surface area contributed by atoms with Crippen LogP contribution in [0.25, 0.3) is 0 Å². The summed E-state index contributed by atoms with van der Waals surface area (Å²) in [5, 5.41) is 0. The standard InChI is InChI=1S/C23H32O6/c1-15(2)17-8-10-18-7-6-14-23(4,29-22(18)26)20(28-16(3)24)13-12-19(11-9-17)21(25)27-5/h7,9,11,15,20H,6,8,10,12-14H2,1-5H3/b17-9+,19-11+/t20-,23+/m0/s1. The van der Waals surface area contributed by atoms with Gasteiger partial charge in [0.25, 0.3) is 0 Å². The Kier molecular flexibility index (Phi) is 7.82. The van der Waals surface area contributed by atoms with Gasteiger partial charge in [0, 0.05) is 18.1 Å². The summed E-state index contributed by atoms with van der Waals surface area (Å²) in [5.41, 5.74) is 1.34. The van der Waals surface area contributed by atoms with Gasteiger partial charge in [-0.05, 0) is 51.4 Å². The van der Waals surface area contributed by atoms with Gasteiger partial charge < -0.3 is 14.2 Å². The van der Waals surface area contributed by atoms with Gasteiger partial charge in [0.1, 0.15) is 11.7 Å². The fraction of sp³-hybridized carbons (Fsp3) is 0.609. The molecule has 2 bridgehead atoms. The number of carbonyl (C=O) groups is 3. The van der Waals surface area contributed by atoms with Crippen LogP contribution in [0.5, 0.6) is 0 Å². The topological polar surface area (TPSA) is 78.9 Å². The SMILES string of the molecule is COC(=O)/C1=C/C=C(/C(C)C)CCC2=CCC[C@@](C)(OC2=O)[C@@H](OC(C)=O)CC1. The van der Waals surface area contributed by atoms with Crippen molar-refractivity contribution < 1.29 is 28.6 Å². The minimum absolute atomic E-state index is 0.275. The number of allylic oxidation sites excluding steroid dienone is 4. The monoisotopic (exact) mass is 404 g/mol. The molecule has 2 heterocycles. The summed E-state index contributed by atoms with van der Waals surface area (Å²) >= 11 is 0. The van der Waals surface area contributed by atoms with Gasteiger partial charge in [0.2, 0.25) is 0 Å². The van der Waals surface area contributed by atoms with Crippen molar-refractivity contribution in [3.05, 3.63) is 34.9 Å². The number of esters is 3. The van der Waals surface area contributed by atoms with E-state index in [4.69, 9.17) is 14.2 Å². The van der Waals surface area contributed by atoms with Crippen LogP contribution in [0.2, 0.25) is 0 Å². The molecule has 0 amide bonds. The highest BCUT2D eigenvalue weighted by atomic mass is 16.6. The van der Waals surface area contributed by atoms with Crippen molar-refractivity contribution in [1.82, 2.24) is 0 Å². The first-order valence-electron chi connectivity index (χ1n) is 10.2. The summed E-state index contributed by atoms with van der Waals surface area (Å²) in [6, 6.07) is 0. The maximum absolute atomic E-state index is 12.8. The van der Waals surface area contributed by atoms with Crippen molar-refractivity contribution in [2.24, 2.45) is 5.92 Å². The van der Waals surface area contributed by atoms with Crippen molar-refractivity contribution in [3.8, 4) is 0 Å². The third-order valence-corrected chi connectivity index (χ3v) is 5.66. The molecule has 0 saturated carbocycles. The Labute approximate surface area is 173 Å². The minimum atomic E-state index is -0.954. The predicted molar refractivity (Wildman–Crippen MR) is 109 cm³/mol. The van der Waals surface area contributed by atoms with Crippen molar-refractivity contribution >= 4 is 17.9 Å².